The van der Waals surface area contributed by atoms with Crippen LogP contribution in [0.5, 0.6) is 0 Å². The van der Waals surface area contributed by atoms with Crippen LogP contribution in [0.25, 0.3) is 11.1 Å². The molecule has 0 bridgehead atoms. The Morgan fingerprint density at radius 1 is 0.886 bits per heavy atom. The number of carbonyl (C=O) groups is 3. The van der Waals surface area contributed by atoms with E-state index < -0.39 is 12.1 Å². The molecule has 3 N–H and O–H groups in total. The first-order chi connectivity index (χ1) is 17.0. The number of ether oxygens (including phenoxy) is 1. The van der Waals surface area contributed by atoms with E-state index in [2.05, 4.69) is 34.9 Å². The van der Waals surface area contributed by atoms with Crippen molar-refractivity contribution in [1.82, 2.24) is 5.32 Å². The second kappa shape index (κ2) is 11.2. The number of carboxylic acids is 1. The Bertz CT molecular complexity index is 1220. The van der Waals surface area contributed by atoms with Crippen molar-refractivity contribution in [2.75, 3.05) is 18.5 Å². The van der Waals surface area contributed by atoms with Crippen LogP contribution in [-0.4, -0.2) is 36.2 Å². The van der Waals surface area contributed by atoms with Gasteiger partial charge < -0.3 is 20.5 Å². The van der Waals surface area contributed by atoms with E-state index in [0.717, 1.165) is 27.8 Å². The van der Waals surface area contributed by atoms with Gasteiger partial charge in [0.1, 0.15) is 6.61 Å². The number of nitrogens with one attached hydrogen (secondary N) is 2. The Balaban J connectivity index is 1.25. The van der Waals surface area contributed by atoms with E-state index in [1.165, 1.54) is 12.2 Å². The molecule has 4 rings (SSSR count). The van der Waals surface area contributed by atoms with Crippen LogP contribution in [0.4, 0.5) is 10.5 Å². The van der Waals surface area contributed by atoms with Gasteiger partial charge in [-0.1, -0.05) is 72.8 Å². The van der Waals surface area contributed by atoms with Crippen LogP contribution in [0.15, 0.2) is 84.9 Å². The van der Waals surface area contributed by atoms with Gasteiger partial charge in [0.05, 0.1) is 0 Å². The molecule has 1 aliphatic rings. The molecule has 7 nitrogen and oxygen atoms in total. The van der Waals surface area contributed by atoms with Gasteiger partial charge in [0.2, 0.25) is 5.91 Å². The number of alkyl carbamates (subject to hydrolysis) is 1. The molecule has 0 fully saturated rings. The number of anilines is 1. The minimum atomic E-state index is -0.898. The number of carbonyl (C=O) groups excluding carboxylic acids is 2. The Hall–Kier alpha value is -4.39. The van der Waals surface area contributed by atoms with E-state index in [9.17, 15) is 14.4 Å². The molecule has 0 radical (unpaired) electrons. The second-order valence-electron chi connectivity index (χ2n) is 8.15. The summed E-state index contributed by atoms with van der Waals surface area (Å²) in [7, 11) is 0. The van der Waals surface area contributed by atoms with Crippen molar-refractivity contribution in [3.05, 3.63) is 102 Å². The number of para-hydroxylation sites is 1. The largest absolute Gasteiger partial charge is 0.481 e. The third-order valence-corrected chi connectivity index (χ3v) is 5.86. The standard InChI is InChI=1S/C28H26N2O5/c31-26(30-25-13-6-1-8-19(25)15-16-27(32)33)14-7-17-29-28(34)35-18-24-22-11-4-2-9-20(22)21-10-3-5-12-23(21)24/h1-14,24H,15-18H2,(H,29,34)(H,30,31)(H,32,33)/b14-7+. The highest BCUT2D eigenvalue weighted by molar-refractivity contribution is 5.99. The summed E-state index contributed by atoms with van der Waals surface area (Å²) < 4.78 is 5.47. The van der Waals surface area contributed by atoms with Gasteiger partial charge in [-0.25, -0.2) is 4.79 Å². The summed E-state index contributed by atoms with van der Waals surface area (Å²) in [4.78, 5) is 35.3. The van der Waals surface area contributed by atoms with Crippen molar-refractivity contribution < 1.29 is 24.2 Å². The molecule has 0 aromatic heterocycles. The lowest BCUT2D eigenvalue weighted by molar-refractivity contribution is -0.136. The molecule has 1 aliphatic carbocycles. The zero-order chi connectivity index (χ0) is 24.6. The van der Waals surface area contributed by atoms with Gasteiger partial charge >= 0.3 is 12.1 Å². The fourth-order valence-corrected chi connectivity index (χ4v) is 4.23. The van der Waals surface area contributed by atoms with E-state index in [1.807, 2.05) is 24.3 Å². The molecule has 0 saturated heterocycles. The first kappa shape index (κ1) is 23.8. The van der Waals surface area contributed by atoms with E-state index in [-0.39, 0.29) is 31.4 Å². The number of aliphatic carboxylic acids is 1. The molecule has 2 amide bonds. The molecule has 3 aromatic carbocycles. The van der Waals surface area contributed by atoms with Crippen molar-refractivity contribution in [3.63, 3.8) is 0 Å². The van der Waals surface area contributed by atoms with Crippen LogP contribution in [0.3, 0.4) is 0 Å². The maximum absolute atomic E-state index is 12.2. The van der Waals surface area contributed by atoms with Crippen molar-refractivity contribution >= 4 is 23.7 Å². The summed E-state index contributed by atoms with van der Waals surface area (Å²) in [6, 6.07) is 23.3. The first-order valence-corrected chi connectivity index (χ1v) is 11.4. The van der Waals surface area contributed by atoms with E-state index in [4.69, 9.17) is 9.84 Å². The fraction of sp³-hybridized carbons (Fsp3) is 0.179. The molecule has 0 aliphatic heterocycles. The van der Waals surface area contributed by atoms with Crippen molar-refractivity contribution in [3.8, 4) is 11.1 Å². The van der Waals surface area contributed by atoms with Gasteiger partial charge in [-0.2, -0.15) is 0 Å². The van der Waals surface area contributed by atoms with Crippen molar-refractivity contribution in [2.24, 2.45) is 0 Å². The molecule has 0 unspecified atom stereocenters. The summed E-state index contributed by atoms with van der Waals surface area (Å²) in [5.74, 6) is -1.29. The van der Waals surface area contributed by atoms with Crippen LogP contribution in [0.2, 0.25) is 0 Å². The molecule has 178 valence electrons. The molecule has 0 atom stereocenters. The molecule has 0 spiro atoms. The van der Waals surface area contributed by atoms with E-state index in [1.54, 1.807) is 24.3 Å². The van der Waals surface area contributed by atoms with Gasteiger partial charge in [-0.05, 0) is 40.3 Å². The van der Waals surface area contributed by atoms with Crippen molar-refractivity contribution in [2.45, 2.75) is 18.8 Å². The third-order valence-electron chi connectivity index (χ3n) is 5.86. The van der Waals surface area contributed by atoms with Gasteiger partial charge in [0, 0.05) is 30.6 Å². The summed E-state index contributed by atoms with van der Waals surface area (Å²) >= 11 is 0. The summed E-state index contributed by atoms with van der Waals surface area (Å²) in [5, 5.41) is 14.2. The van der Waals surface area contributed by atoms with Gasteiger partial charge in [-0.15, -0.1) is 0 Å². The Morgan fingerprint density at radius 2 is 1.51 bits per heavy atom. The molecular weight excluding hydrogens is 444 g/mol. The van der Waals surface area contributed by atoms with E-state index in [0.29, 0.717) is 12.1 Å². The zero-order valence-corrected chi connectivity index (χ0v) is 19.1. The Kier molecular flexibility index (Phi) is 7.57. The quantitative estimate of drug-likeness (QED) is 0.392. The first-order valence-electron chi connectivity index (χ1n) is 11.4. The van der Waals surface area contributed by atoms with Gasteiger partial charge in [0.15, 0.2) is 0 Å². The average molecular weight is 471 g/mol. The minimum absolute atomic E-state index is 0.0179. The van der Waals surface area contributed by atoms with Crippen LogP contribution >= 0.6 is 0 Å². The number of aryl methyl sites for hydroxylation is 1. The van der Waals surface area contributed by atoms with Crippen LogP contribution in [0.1, 0.15) is 29.0 Å². The van der Waals surface area contributed by atoms with E-state index >= 15 is 0 Å². The Morgan fingerprint density at radius 3 is 2.20 bits per heavy atom. The topological polar surface area (TPSA) is 105 Å². The number of rotatable bonds is 9. The smallest absolute Gasteiger partial charge is 0.407 e. The minimum Gasteiger partial charge on any atom is -0.481 e. The molecule has 3 aromatic rings. The number of hydrogen-bond acceptors (Lipinski definition) is 4. The highest BCUT2D eigenvalue weighted by Crippen LogP contribution is 2.44. The van der Waals surface area contributed by atoms with Gasteiger partial charge in [-0.3, -0.25) is 9.59 Å². The van der Waals surface area contributed by atoms with Crippen LogP contribution in [0, 0.1) is 0 Å². The molecular formula is C28H26N2O5. The Labute approximate surface area is 203 Å². The summed E-state index contributed by atoms with van der Waals surface area (Å²) in [5.41, 5.74) is 5.91. The summed E-state index contributed by atoms with van der Waals surface area (Å²) in [6.45, 7) is 0.349. The predicted octanol–water partition coefficient (Wildman–Crippen LogP) is 4.74. The lowest BCUT2D eigenvalue weighted by atomic mass is 9.98. The molecule has 0 heterocycles. The molecule has 7 heteroatoms. The number of carboxylic acid groups (broad SMARTS) is 1. The fourth-order valence-electron chi connectivity index (χ4n) is 4.23. The number of benzene rings is 3. The highest BCUT2D eigenvalue weighted by Gasteiger charge is 2.28. The third kappa shape index (κ3) is 5.95. The lowest BCUT2D eigenvalue weighted by Gasteiger charge is -2.14. The number of amides is 2. The maximum atomic E-state index is 12.2. The molecule has 0 saturated carbocycles. The van der Waals surface area contributed by atoms with Crippen LogP contribution < -0.4 is 10.6 Å². The highest BCUT2D eigenvalue weighted by atomic mass is 16.5. The maximum Gasteiger partial charge on any atom is 0.407 e. The lowest BCUT2D eigenvalue weighted by Crippen LogP contribution is -2.26. The SMILES string of the molecule is O=C(O)CCc1ccccc1NC(=O)/C=C/CNC(=O)OCC1c2ccccc2-c2ccccc21. The monoisotopic (exact) mass is 470 g/mol. The second-order valence-corrected chi connectivity index (χ2v) is 8.15. The molecule has 35 heavy (non-hydrogen) atoms. The predicted molar refractivity (Wildman–Crippen MR) is 133 cm³/mol. The van der Waals surface area contributed by atoms with Crippen LogP contribution in [-0.2, 0) is 20.7 Å². The summed E-state index contributed by atoms with van der Waals surface area (Å²) in [6.07, 6.45) is 2.58. The zero-order valence-electron chi connectivity index (χ0n) is 19.1. The number of fused-ring (bicyclic) bond motifs is 3. The normalized spacial score (nSPS) is 12.1. The van der Waals surface area contributed by atoms with Crippen molar-refractivity contribution in [1.29, 1.82) is 0 Å². The average Bonchev–Trinajstić information content (AvgIpc) is 3.18. The number of hydrogen-bond donors (Lipinski definition) is 3. The van der Waals surface area contributed by atoms with Gasteiger partial charge in [0.25, 0.3) is 0 Å².